The van der Waals surface area contributed by atoms with Crippen LogP contribution in [0.5, 0.6) is 0 Å². The van der Waals surface area contributed by atoms with E-state index in [-0.39, 0.29) is 6.04 Å². The lowest BCUT2D eigenvalue weighted by atomic mass is 10.1. The minimum atomic E-state index is -3.09. The third kappa shape index (κ3) is 4.00. The quantitative estimate of drug-likeness (QED) is 0.893. The summed E-state index contributed by atoms with van der Waals surface area (Å²) in [5, 5.41) is 13.8. The van der Waals surface area contributed by atoms with Crippen LogP contribution in [0.4, 0.5) is 5.13 Å². The fourth-order valence-corrected chi connectivity index (χ4v) is 4.55. The molecular weight excluding hydrogens is 356 g/mol. The second kappa shape index (κ2) is 6.72. The highest BCUT2D eigenvalue weighted by atomic mass is 35.5. The summed E-state index contributed by atoms with van der Waals surface area (Å²) >= 11 is 7.63. The SMILES string of the molecule is CS(=O)(=O)N1CCC(Nc2nnc(-c3ccccc3Cl)s2)CC1. The van der Waals surface area contributed by atoms with Crippen LogP contribution in [0, 0.1) is 0 Å². The molecule has 6 nitrogen and oxygen atoms in total. The number of hydrogen-bond acceptors (Lipinski definition) is 6. The Balaban J connectivity index is 1.64. The van der Waals surface area contributed by atoms with Gasteiger partial charge in [-0.25, -0.2) is 12.7 Å². The van der Waals surface area contributed by atoms with Gasteiger partial charge in [-0.15, -0.1) is 10.2 Å². The van der Waals surface area contributed by atoms with E-state index in [0.717, 1.165) is 28.5 Å². The van der Waals surface area contributed by atoms with Crippen molar-refractivity contribution in [3.05, 3.63) is 29.3 Å². The summed E-state index contributed by atoms with van der Waals surface area (Å²) in [6.07, 6.45) is 2.77. The zero-order valence-corrected chi connectivity index (χ0v) is 15.0. The standard InChI is InChI=1S/C14H17ClN4O2S2/c1-23(20,21)19-8-6-10(7-9-19)16-14-18-17-13(22-14)11-4-2-3-5-12(11)15/h2-5,10H,6-9H2,1H3,(H,16,18). The molecule has 1 aliphatic heterocycles. The molecule has 1 aliphatic rings. The van der Waals surface area contributed by atoms with Crippen LogP contribution in [-0.2, 0) is 10.0 Å². The molecule has 0 bridgehead atoms. The first-order chi connectivity index (χ1) is 10.9. The molecule has 1 saturated heterocycles. The molecule has 0 radical (unpaired) electrons. The Labute approximate surface area is 144 Å². The molecule has 2 heterocycles. The molecule has 0 unspecified atom stereocenters. The van der Waals surface area contributed by atoms with E-state index in [4.69, 9.17) is 11.6 Å². The number of nitrogens with zero attached hydrogens (tertiary/aromatic N) is 3. The van der Waals surface area contributed by atoms with Crippen molar-refractivity contribution in [2.45, 2.75) is 18.9 Å². The number of piperidine rings is 1. The van der Waals surface area contributed by atoms with E-state index in [0.29, 0.717) is 18.1 Å². The lowest BCUT2D eigenvalue weighted by molar-refractivity contribution is 0.332. The maximum atomic E-state index is 11.5. The lowest BCUT2D eigenvalue weighted by Crippen LogP contribution is -2.41. The Kier molecular flexibility index (Phi) is 4.86. The summed E-state index contributed by atoms with van der Waals surface area (Å²) in [6, 6.07) is 7.74. The van der Waals surface area contributed by atoms with Gasteiger partial charge in [0.25, 0.3) is 0 Å². The van der Waals surface area contributed by atoms with Crippen LogP contribution in [0.2, 0.25) is 5.02 Å². The zero-order chi connectivity index (χ0) is 16.4. The molecule has 0 spiro atoms. The van der Waals surface area contributed by atoms with Crippen molar-refractivity contribution in [1.29, 1.82) is 0 Å². The van der Waals surface area contributed by atoms with Crippen molar-refractivity contribution < 1.29 is 8.42 Å². The highest BCUT2D eigenvalue weighted by Crippen LogP contribution is 2.32. The predicted molar refractivity (Wildman–Crippen MR) is 93.4 cm³/mol. The Morgan fingerprint density at radius 1 is 1.26 bits per heavy atom. The van der Waals surface area contributed by atoms with Gasteiger partial charge in [-0.2, -0.15) is 0 Å². The van der Waals surface area contributed by atoms with E-state index in [2.05, 4.69) is 15.5 Å². The second-order valence-corrected chi connectivity index (χ2v) is 8.84. The van der Waals surface area contributed by atoms with Crippen molar-refractivity contribution in [1.82, 2.24) is 14.5 Å². The molecule has 0 atom stereocenters. The lowest BCUT2D eigenvalue weighted by Gasteiger charge is -2.30. The molecule has 9 heteroatoms. The molecule has 124 valence electrons. The van der Waals surface area contributed by atoms with Crippen LogP contribution in [0.25, 0.3) is 10.6 Å². The summed E-state index contributed by atoms with van der Waals surface area (Å²) in [5.74, 6) is 0. The number of anilines is 1. The molecule has 1 fully saturated rings. The smallest absolute Gasteiger partial charge is 0.211 e. The van der Waals surface area contributed by atoms with Crippen LogP contribution in [0.3, 0.4) is 0 Å². The van der Waals surface area contributed by atoms with Gasteiger partial charge in [0.2, 0.25) is 15.2 Å². The first-order valence-corrected chi connectivity index (χ1v) is 10.3. The maximum absolute atomic E-state index is 11.5. The summed E-state index contributed by atoms with van der Waals surface area (Å²) in [4.78, 5) is 0. The molecule has 1 aromatic carbocycles. The van der Waals surface area contributed by atoms with Gasteiger partial charge in [0.15, 0.2) is 5.01 Å². The minimum Gasteiger partial charge on any atom is -0.357 e. The third-order valence-electron chi connectivity index (χ3n) is 3.78. The van der Waals surface area contributed by atoms with Crippen LogP contribution in [-0.4, -0.2) is 48.3 Å². The van der Waals surface area contributed by atoms with Gasteiger partial charge in [0.05, 0.1) is 11.3 Å². The Bertz CT molecular complexity index is 786. The molecule has 1 N–H and O–H groups in total. The van der Waals surface area contributed by atoms with Crippen LogP contribution in [0.1, 0.15) is 12.8 Å². The van der Waals surface area contributed by atoms with E-state index >= 15 is 0 Å². The molecule has 0 saturated carbocycles. The summed E-state index contributed by atoms with van der Waals surface area (Å²) in [7, 11) is -3.09. The van der Waals surface area contributed by atoms with Gasteiger partial charge in [-0.1, -0.05) is 41.1 Å². The molecule has 0 aliphatic carbocycles. The van der Waals surface area contributed by atoms with E-state index in [1.807, 2.05) is 24.3 Å². The maximum Gasteiger partial charge on any atom is 0.211 e. The van der Waals surface area contributed by atoms with Gasteiger partial charge in [0, 0.05) is 24.7 Å². The van der Waals surface area contributed by atoms with Crippen LogP contribution >= 0.6 is 22.9 Å². The van der Waals surface area contributed by atoms with Gasteiger partial charge < -0.3 is 5.32 Å². The monoisotopic (exact) mass is 372 g/mol. The molecule has 2 aromatic rings. The number of halogens is 1. The second-order valence-electron chi connectivity index (χ2n) is 5.47. The summed E-state index contributed by atoms with van der Waals surface area (Å²) in [5.41, 5.74) is 0.867. The number of aromatic nitrogens is 2. The number of hydrogen-bond donors (Lipinski definition) is 1. The number of sulfonamides is 1. The number of benzene rings is 1. The van der Waals surface area contributed by atoms with Crippen LogP contribution < -0.4 is 5.32 Å². The van der Waals surface area contributed by atoms with E-state index in [1.54, 1.807) is 0 Å². The summed E-state index contributed by atoms with van der Waals surface area (Å²) < 4.78 is 24.5. The van der Waals surface area contributed by atoms with Crippen LogP contribution in [0.15, 0.2) is 24.3 Å². The molecule has 1 aromatic heterocycles. The van der Waals surface area contributed by atoms with Gasteiger partial charge in [-0.05, 0) is 18.9 Å². The van der Waals surface area contributed by atoms with E-state index in [1.165, 1.54) is 21.9 Å². The zero-order valence-electron chi connectivity index (χ0n) is 12.6. The fraction of sp³-hybridized carbons (Fsp3) is 0.429. The summed E-state index contributed by atoms with van der Waals surface area (Å²) in [6.45, 7) is 1.07. The highest BCUT2D eigenvalue weighted by Gasteiger charge is 2.25. The highest BCUT2D eigenvalue weighted by molar-refractivity contribution is 7.88. The molecule has 3 rings (SSSR count). The average molecular weight is 373 g/mol. The van der Waals surface area contributed by atoms with Crippen molar-refractivity contribution >= 4 is 38.1 Å². The average Bonchev–Trinajstić information content (AvgIpc) is 2.95. The Morgan fingerprint density at radius 3 is 2.61 bits per heavy atom. The van der Waals surface area contributed by atoms with E-state index in [9.17, 15) is 8.42 Å². The number of nitrogens with one attached hydrogen (secondary N) is 1. The van der Waals surface area contributed by atoms with Gasteiger partial charge in [-0.3, -0.25) is 0 Å². The molecule has 23 heavy (non-hydrogen) atoms. The van der Waals surface area contributed by atoms with Crippen molar-refractivity contribution in [3.63, 3.8) is 0 Å². The normalized spacial score (nSPS) is 17.3. The predicted octanol–water partition coefficient (Wildman–Crippen LogP) is 2.69. The Morgan fingerprint density at radius 2 is 1.96 bits per heavy atom. The first kappa shape index (κ1) is 16.6. The fourth-order valence-electron chi connectivity index (χ4n) is 2.53. The molecule has 0 amide bonds. The Hall–Kier alpha value is -1.22. The van der Waals surface area contributed by atoms with Gasteiger partial charge >= 0.3 is 0 Å². The first-order valence-electron chi connectivity index (χ1n) is 7.23. The van der Waals surface area contributed by atoms with Gasteiger partial charge in [0.1, 0.15) is 0 Å². The van der Waals surface area contributed by atoms with Crippen molar-refractivity contribution in [3.8, 4) is 10.6 Å². The van der Waals surface area contributed by atoms with Crippen molar-refractivity contribution in [2.75, 3.05) is 24.7 Å². The minimum absolute atomic E-state index is 0.208. The third-order valence-corrected chi connectivity index (χ3v) is 6.30. The number of rotatable bonds is 4. The molecular formula is C14H17ClN4O2S2. The largest absolute Gasteiger partial charge is 0.357 e. The topological polar surface area (TPSA) is 75.2 Å². The van der Waals surface area contributed by atoms with E-state index < -0.39 is 10.0 Å². The van der Waals surface area contributed by atoms with Crippen molar-refractivity contribution in [2.24, 2.45) is 0 Å².